The molecule has 1 heterocycles. The molecule has 23 heavy (non-hydrogen) atoms. The van der Waals surface area contributed by atoms with E-state index in [2.05, 4.69) is 4.72 Å². The summed E-state index contributed by atoms with van der Waals surface area (Å²) in [6.07, 6.45) is 1.95. The minimum Gasteiger partial charge on any atom is -0.486 e. The van der Waals surface area contributed by atoms with Gasteiger partial charge in [0, 0.05) is 11.4 Å². The first-order valence-corrected chi connectivity index (χ1v) is 9.81. The Bertz CT molecular complexity index is 788. The second-order valence-electron chi connectivity index (χ2n) is 4.98. The minimum absolute atomic E-state index is 0.198. The van der Waals surface area contributed by atoms with Crippen LogP contribution in [-0.2, 0) is 16.6 Å². The molecular weight excluding hydrogens is 334 g/mol. The van der Waals surface area contributed by atoms with E-state index >= 15 is 0 Å². The van der Waals surface area contributed by atoms with Gasteiger partial charge in [-0.05, 0) is 48.2 Å². The number of nitrogens with one attached hydrogen (secondary N) is 1. The Kier molecular flexibility index (Phi) is 4.79. The molecule has 1 aliphatic heterocycles. The number of hydrogen-bond acceptors (Lipinski definition) is 5. The molecule has 0 aromatic heterocycles. The van der Waals surface area contributed by atoms with Gasteiger partial charge in [0.05, 0.1) is 4.90 Å². The first-order chi connectivity index (χ1) is 11.1. The summed E-state index contributed by atoms with van der Waals surface area (Å²) < 4.78 is 38.2. The average Bonchev–Trinajstić information content (AvgIpc) is 2.60. The summed E-state index contributed by atoms with van der Waals surface area (Å²) >= 11 is 1.57. The second-order valence-corrected chi connectivity index (χ2v) is 7.62. The number of hydrogen-bond donors (Lipinski definition) is 1. The summed E-state index contributed by atoms with van der Waals surface area (Å²) in [5.41, 5.74) is 0.818. The number of benzene rings is 2. The molecule has 5 nitrogen and oxygen atoms in total. The molecule has 2 aromatic rings. The van der Waals surface area contributed by atoms with Gasteiger partial charge >= 0.3 is 0 Å². The first kappa shape index (κ1) is 16.2. The molecule has 0 unspecified atom stereocenters. The smallest absolute Gasteiger partial charge is 0.240 e. The van der Waals surface area contributed by atoms with Crippen LogP contribution in [0.4, 0.5) is 0 Å². The standard InChI is InChI=1S/C16H17NO4S2/c1-22-13-3-5-14(6-4-13)23(18,19)17-11-12-2-7-15-16(10-12)21-9-8-20-15/h2-7,10,17H,8-9,11H2,1H3. The lowest BCUT2D eigenvalue weighted by atomic mass is 10.2. The third-order valence-corrected chi connectivity index (χ3v) is 5.60. The zero-order chi connectivity index (χ0) is 16.3. The van der Waals surface area contributed by atoms with Crippen molar-refractivity contribution in [1.29, 1.82) is 0 Å². The summed E-state index contributed by atoms with van der Waals surface area (Å²) in [5, 5.41) is 0. The van der Waals surface area contributed by atoms with Crippen LogP contribution in [0.15, 0.2) is 52.3 Å². The number of sulfonamides is 1. The van der Waals surface area contributed by atoms with Crippen molar-refractivity contribution >= 4 is 21.8 Å². The van der Waals surface area contributed by atoms with Gasteiger partial charge in [-0.1, -0.05) is 6.07 Å². The van der Waals surface area contributed by atoms with Crippen LogP contribution in [0.25, 0.3) is 0 Å². The van der Waals surface area contributed by atoms with Crippen LogP contribution in [0.1, 0.15) is 5.56 Å². The Balaban J connectivity index is 1.71. The van der Waals surface area contributed by atoms with E-state index in [4.69, 9.17) is 9.47 Å². The Morgan fingerprint density at radius 1 is 1.04 bits per heavy atom. The van der Waals surface area contributed by atoms with Crippen LogP contribution in [0.5, 0.6) is 11.5 Å². The fourth-order valence-corrected chi connectivity index (χ4v) is 3.64. The van der Waals surface area contributed by atoms with E-state index in [0.29, 0.717) is 24.7 Å². The van der Waals surface area contributed by atoms with Crippen molar-refractivity contribution in [2.75, 3.05) is 19.5 Å². The molecule has 0 fully saturated rings. The van der Waals surface area contributed by atoms with Crippen LogP contribution < -0.4 is 14.2 Å². The Labute approximate surface area is 140 Å². The van der Waals surface area contributed by atoms with E-state index in [-0.39, 0.29) is 11.4 Å². The van der Waals surface area contributed by atoms with Crippen LogP contribution in [0.2, 0.25) is 0 Å². The maximum Gasteiger partial charge on any atom is 0.240 e. The molecule has 0 bridgehead atoms. The molecule has 0 saturated heterocycles. The predicted molar refractivity (Wildman–Crippen MR) is 89.7 cm³/mol. The normalized spacial score (nSPS) is 13.8. The molecule has 0 radical (unpaired) electrons. The molecule has 3 rings (SSSR count). The monoisotopic (exact) mass is 351 g/mol. The SMILES string of the molecule is CSc1ccc(S(=O)(=O)NCc2ccc3c(c2)OCCO3)cc1. The number of fused-ring (bicyclic) bond motifs is 1. The third kappa shape index (κ3) is 3.80. The molecule has 1 aliphatic rings. The summed E-state index contributed by atoms with van der Waals surface area (Å²) in [5.74, 6) is 1.34. The van der Waals surface area contributed by atoms with Crippen LogP contribution in [0, 0.1) is 0 Å². The molecule has 122 valence electrons. The van der Waals surface area contributed by atoms with Crippen molar-refractivity contribution in [1.82, 2.24) is 4.72 Å². The van der Waals surface area contributed by atoms with Crippen molar-refractivity contribution < 1.29 is 17.9 Å². The summed E-state index contributed by atoms with van der Waals surface area (Å²) in [6.45, 7) is 1.23. The third-order valence-electron chi connectivity index (χ3n) is 3.44. The number of thioether (sulfide) groups is 1. The molecule has 0 spiro atoms. The van der Waals surface area contributed by atoms with Gasteiger partial charge in [-0.3, -0.25) is 0 Å². The fourth-order valence-electron chi connectivity index (χ4n) is 2.21. The molecule has 1 N–H and O–H groups in total. The van der Waals surface area contributed by atoms with Crippen molar-refractivity contribution in [3.05, 3.63) is 48.0 Å². The number of ether oxygens (including phenoxy) is 2. The molecular formula is C16H17NO4S2. The van der Waals surface area contributed by atoms with Gasteiger partial charge in [0.25, 0.3) is 0 Å². The fraction of sp³-hybridized carbons (Fsp3) is 0.250. The second kappa shape index (κ2) is 6.82. The van der Waals surface area contributed by atoms with E-state index < -0.39 is 10.0 Å². The average molecular weight is 351 g/mol. The molecule has 7 heteroatoms. The van der Waals surface area contributed by atoms with E-state index in [1.807, 2.05) is 12.3 Å². The lowest BCUT2D eigenvalue weighted by molar-refractivity contribution is 0.171. The highest BCUT2D eigenvalue weighted by Gasteiger charge is 2.15. The zero-order valence-corrected chi connectivity index (χ0v) is 14.2. The van der Waals surface area contributed by atoms with E-state index in [9.17, 15) is 8.42 Å². The van der Waals surface area contributed by atoms with Gasteiger partial charge < -0.3 is 9.47 Å². The van der Waals surface area contributed by atoms with Gasteiger partial charge in [0.2, 0.25) is 10.0 Å². The largest absolute Gasteiger partial charge is 0.486 e. The quantitative estimate of drug-likeness (QED) is 0.839. The molecule has 2 aromatic carbocycles. The van der Waals surface area contributed by atoms with Gasteiger partial charge in [-0.2, -0.15) is 0 Å². The first-order valence-electron chi connectivity index (χ1n) is 7.11. The molecule has 0 aliphatic carbocycles. The van der Waals surface area contributed by atoms with Crippen molar-refractivity contribution in [3.63, 3.8) is 0 Å². The van der Waals surface area contributed by atoms with Gasteiger partial charge in [-0.25, -0.2) is 13.1 Å². The summed E-state index contributed by atoms with van der Waals surface area (Å²) in [4.78, 5) is 1.28. The van der Waals surface area contributed by atoms with Crippen LogP contribution >= 0.6 is 11.8 Å². The van der Waals surface area contributed by atoms with Gasteiger partial charge in [0.1, 0.15) is 13.2 Å². The molecule has 0 atom stereocenters. The predicted octanol–water partition coefficient (Wildman–Crippen LogP) is 2.66. The molecule has 0 amide bonds. The Hall–Kier alpha value is -1.70. The lowest BCUT2D eigenvalue weighted by Crippen LogP contribution is -2.23. The van der Waals surface area contributed by atoms with Crippen molar-refractivity contribution in [2.45, 2.75) is 16.3 Å². The maximum atomic E-state index is 12.3. The van der Waals surface area contributed by atoms with Crippen LogP contribution in [0.3, 0.4) is 0 Å². The van der Waals surface area contributed by atoms with E-state index in [1.54, 1.807) is 48.2 Å². The van der Waals surface area contributed by atoms with Crippen LogP contribution in [-0.4, -0.2) is 27.9 Å². The number of rotatable bonds is 5. The zero-order valence-electron chi connectivity index (χ0n) is 12.6. The highest BCUT2D eigenvalue weighted by atomic mass is 32.2. The lowest BCUT2D eigenvalue weighted by Gasteiger charge is -2.19. The van der Waals surface area contributed by atoms with Crippen molar-refractivity contribution in [3.8, 4) is 11.5 Å². The molecule has 0 saturated carbocycles. The van der Waals surface area contributed by atoms with Gasteiger partial charge in [-0.15, -0.1) is 11.8 Å². The van der Waals surface area contributed by atoms with Crippen molar-refractivity contribution in [2.24, 2.45) is 0 Å². The summed E-state index contributed by atoms with van der Waals surface area (Å²) in [7, 11) is -3.54. The maximum absolute atomic E-state index is 12.3. The highest BCUT2D eigenvalue weighted by molar-refractivity contribution is 7.98. The van der Waals surface area contributed by atoms with Gasteiger partial charge in [0.15, 0.2) is 11.5 Å². The topological polar surface area (TPSA) is 64.6 Å². The Morgan fingerprint density at radius 2 is 1.74 bits per heavy atom. The van der Waals surface area contributed by atoms with E-state index in [1.165, 1.54) is 0 Å². The summed E-state index contributed by atoms with van der Waals surface area (Å²) in [6, 6.07) is 12.2. The minimum atomic E-state index is -3.54. The van der Waals surface area contributed by atoms with E-state index in [0.717, 1.165) is 10.5 Å². The highest BCUT2D eigenvalue weighted by Crippen LogP contribution is 2.30. The Morgan fingerprint density at radius 3 is 2.43 bits per heavy atom.